The van der Waals surface area contributed by atoms with Gasteiger partial charge in [0.15, 0.2) is 5.78 Å². The largest absolute Gasteiger partial charge is 0.361 e. The molecular formula is C22H24N4O2. The van der Waals surface area contributed by atoms with Crippen molar-refractivity contribution in [3.63, 3.8) is 0 Å². The highest BCUT2D eigenvalue weighted by Gasteiger charge is 2.29. The van der Waals surface area contributed by atoms with E-state index in [1.807, 2.05) is 55.8 Å². The molecule has 0 spiro atoms. The first-order valence-corrected chi connectivity index (χ1v) is 9.62. The summed E-state index contributed by atoms with van der Waals surface area (Å²) >= 11 is 0. The molecule has 6 nitrogen and oxygen atoms in total. The molecule has 0 saturated carbocycles. The second-order valence-electron chi connectivity index (χ2n) is 7.38. The molecule has 2 heterocycles. The zero-order valence-electron chi connectivity index (χ0n) is 16.4. The summed E-state index contributed by atoms with van der Waals surface area (Å²) in [6.07, 6.45) is 3.94. The van der Waals surface area contributed by atoms with Crippen LogP contribution in [0.15, 0.2) is 36.5 Å². The van der Waals surface area contributed by atoms with Crippen LogP contribution in [0.3, 0.4) is 0 Å². The highest BCUT2D eigenvalue weighted by molar-refractivity contribution is 6.10. The minimum absolute atomic E-state index is 0.0523. The topological polar surface area (TPSA) is 79.8 Å². The standard InChI is InChI=1S/C22H24N4O2/c1-13(17-12-23-26(15(17)3)16-8-5-4-6-9-16)25-22(28)20-14(2)24-18-10-7-11-19(27)21(18)20/h4-6,8-9,12-13,24H,7,10-11H2,1-3H3,(H,25,28). The molecule has 0 radical (unpaired) electrons. The molecule has 6 heteroatoms. The number of hydrogen-bond donors (Lipinski definition) is 2. The SMILES string of the molecule is Cc1[nH]c2c(c1C(=O)NC(C)c1cnn(-c3ccccc3)c1C)C(=O)CCC2. The summed E-state index contributed by atoms with van der Waals surface area (Å²) < 4.78 is 1.87. The Hall–Kier alpha value is -3.15. The highest BCUT2D eigenvalue weighted by Crippen LogP contribution is 2.28. The second-order valence-corrected chi connectivity index (χ2v) is 7.38. The maximum absolute atomic E-state index is 13.0. The van der Waals surface area contributed by atoms with Crippen LogP contribution in [-0.2, 0) is 6.42 Å². The minimum Gasteiger partial charge on any atom is -0.361 e. The molecule has 0 saturated heterocycles. The van der Waals surface area contributed by atoms with Gasteiger partial charge in [-0.2, -0.15) is 5.10 Å². The number of nitrogens with one attached hydrogen (secondary N) is 2. The molecule has 1 atom stereocenters. The molecular weight excluding hydrogens is 352 g/mol. The number of aromatic nitrogens is 3. The molecule has 1 aromatic carbocycles. The number of nitrogens with zero attached hydrogens (tertiary/aromatic N) is 2. The number of aromatic amines is 1. The van der Waals surface area contributed by atoms with Crippen LogP contribution in [0.2, 0.25) is 0 Å². The lowest BCUT2D eigenvalue weighted by atomic mass is 9.93. The van der Waals surface area contributed by atoms with E-state index in [-0.39, 0.29) is 17.7 Å². The van der Waals surface area contributed by atoms with Gasteiger partial charge >= 0.3 is 0 Å². The lowest BCUT2D eigenvalue weighted by Gasteiger charge is -2.16. The van der Waals surface area contributed by atoms with Gasteiger partial charge in [0.25, 0.3) is 5.91 Å². The van der Waals surface area contributed by atoms with E-state index >= 15 is 0 Å². The van der Waals surface area contributed by atoms with E-state index in [0.717, 1.165) is 41.2 Å². The Balaban J connectivity index is 1.59. The third-order valence-electron chi connectivity index (χ3n) is 5.46. The number of aryl methyl sites for hydroxylation is 2. The average molecular weight is 376 g/mol. The number of Topliss-reactive ketones (excluding diaryl/α,β-unsaturated/α-hetero) is 1. The Morgan fingerprint density at radius 3 is 2.71 bits per heavy atom. The van der Waals surface area contributed by atoms with Crippen molar-refractivity contribution in [2.24, 2.45) is 0 Å². The molecule has 0 aliphatic heterocycles. The number of fused-ring (bicyclic) bond motifs is 1. The van der Waals surface area contributed by atoms with Crippen molar-refractivity contribution in [3.05, 3.63) is 70.3 Å². The lowest BCUT2D eigenvalue weighted by molar-refractivity contribution is 0.0918. The zero-order chi connectivity index (χ0) is 19.8. The molecule has 1 unspecified atom stereocenters. The van der Waals surface area contributed by atoms with E-state index < -0.39 is 0 Å². The molecule has 0 fully saturated rings. The summed E-state index contributed by atoms with van der Waals surface area (Å²) in [4.78, 5) is 28.6. The molecule has 2 aromatic heterocycles. The molecule has 144 valence electrons. The Bertz CT molecular complexity index is 1050. The van der Waals surface area contributed by atoms with E-state index in [0.29, 0.717) is 17.5 Å². The molecule has 4 rings (SSSR count). The summed E-state index contributed by atoms with van der Waals surface area (Å²) in [5, 5.41) is 7.53. The fraction of sp³-hybridized carbons (Fsp3) is 0.318. The number of H-pyrrole nitrogens is 1. The summed E-state index contributed by atoms with van der Waals surface area (Å²) in [7, 11) is 0. The molecule has 3 aromatic rings. The Morgan fingerprint density at radius 2 is 1.96 bits per heavy atom. The zero-order valence-corrected chi connectivity index (χ0v) is 16.4. The van der Waals surface area contributed by atoms with E-state index in [9.17, 15) is 9.59 Å². The molecule has 2 N–H and O–H groups in total. The van der Waals surface area contributed by atoms with Gasteiger partial charge < -0.3 is 10.3 Å². The maximum Gasteiger partial charge on any atom is 0.254 e. The first-order chi connectivity index (χ1) is 13.5. The quantitative estimate of drug-likeness (QED) is 0.726. The predicted molar refractivity (Wildman–Crippen MR) is 107 cm³/mol. The number of para-hydroxylation sites is 1. The first kappa shape index (κ1) is 18.2. The Kier molecular flexibility index (Phi) is 4.63. The summed E-state index contributed by atoms with van der Waals surface area (Å²) in [6.45, 7) is 5.78. The normalized spacial score (nSPS) is 14.6. The lowest BCUT2D eigenvalue weighted by Crippen LogP contribution is -2.29. The number of amides is 1. The van der Waals surface area contributed by atoms with Crippen molar-refractivity contribution in [2.45, 2.75) is 46.1 Å². The van der Waals surface area contributed by atoms with E-state index in [1.165, 1.54) is 0 Å². The minimum atomic E-state index is -0.228. The Labute approximate surface area is 164 Å². The van der Waals surface area contributed by atoms with Gasteiger partial charge in [-0.25, -0.2) is 4.68 Å². The van der Waals surface area contributed by atoms with Crippen LogP contribution in [0.25, 0.3) is 5.69 Å². The van der Waals surface area contributed by atoms with Gasteiger partial charge in [0.05, 0.1) is 29.1 Å². The van der Waals surface area contributed by atoms with Crippen molar-refractivity contribution < 1.29 is 9.59 Å². The van der Waals surface area contributed by atoms with Crippen molar-refractivity contribution in [1.82, 2.24) is 20.1 Å². The van der Waals surface area contributed by atoms with E-state index in [2.05, 4.69) is 15.4 Å². The average Bonchev–Trinajstić information content (AvgIpc) is 3.22. The van der Waals surface area contributed by atoms with Crippen LogP contribution in [0.4, 0.5) is 0 Å². The predicted octanol–water partition coefficient (Wildman–Crippen LogP) is 3.83. The summed E-state index contributed by atoms with van der Waals surface area (Å²) in [5.74, 6) is -0.166. The van der Waals surface area contributed by atoms with Gasteiger partial charge in [-0.1, -0.05) is 18.2 Å². The summed E-state index contributed by atoms with van der Waals surface area (Å²) in [6, 6.07) is 9.66. The third-order valence-corrected chi connectivity index (χ3v) is 5.46. The second kappa shape index (κ2) is 7.11. The van der Waals surface area contributed by atoms with Crippen molar-refractivity contribution in [1.29, 1.82) is 0 Å². The van der Waals surface area contributed by atoms with Crippen molar-refractivity contribution in [2.75, 3.05) is 0 Å². The molecule has 28 heavy (non-hydrogen) atoms. The number of carbonyl (C=O) groups excluding carboxylic acids is 2. The fourth-order valence-corrected chi connectivity index (χ4v) is 4.04. The van der Waals surface area contributed by atoms with Crippen molar-refractivity contribution in [3.8, 4) is 5.69 Å². The van der Waals surface area contributed by atoms with E-state index in [4.69, 9.17) is 0 Å². The number of hydrogen-bond acceptors (Lipinski definition) is 3. The van der Waals surface area contributed by atoms with E-state index in [1.54, 1.807) is 6.20 Å². The van der Waals surface area contributed by atoms with Gasteiger partial charge in [-0.05, 0) is 45.7 Å². The van der Waals surface area contributed by atoms with Gasteiger partial charge in [-0.3, -0.25) is 9.59 Å². The van der Waals surface area contributed by atoms with Gasteiger partial charge in [0.1, 0.15) is 0 Å². The number of ketones is 1. The van der Waals surface area contributed by atoms with Gasteiger partial charge in [0.2, 0.25) is 0 Å². The number of benzene rings is 1. The van der Waals surface area contributed by atoms with Crippen LogP contribution < -0.4 is 5.32 Å². The first-order valence-electron chi connectivity index (χ1n) is 9.62. The number of carbonyl (C=O) groups is 2. The molecule has 0 bridgehead atoms. The monoisotopic (exact) mass is 376 g/mol. The van der Waals surface area contributed by atoms with Crippen LogP contribution in [-0.4, -0.2) is 26.5 Å². The van der Waals surface area contributed by atoms with Crippen molar-refractivity contribution >= 4 is 11.7 Å². The molecule has 1 amide bonds. The third kappa shape index (κ3) is 3.05. The van der Waals surface area contributed by atoms with Crippen LogP contribution in [0.1, 0.15) is 69.2 Å². The van der Waals surface area contributed by atoms with Crippen LogP contribution >= 0.6 is 0 Å². The maximum atomic E-state index is 13.0. The molecule has 1 aliphatic rings. The smallest absolute Gasteiger partial charge is 0.254 e. The summed E-state index contributed by atoms with van der Waals surface area (Å²) in [5.41, 5.74) is 5.60. The van der Waals surface area contributed by atoms with Gasteiger partial charge in [0, 0.05) is 29.1 Å². The van der Waals surface area contributed by atoms with Crippen LogP contribution in [0, 0.1) is 13.8 Å². The number of rotatable bonds is 4. The fourth-order valence-electron chi connectivity index (χ4n) is 4.04. The molecule has 1 aliphatic carbocycles. The van der Waals surface area contributed by atoms with Crippen LogP contribution in [0.5, 0.6) is 0 Å². The highest BCUT2D eigenvalue weighted by atomic mass is 16.2. The Morgan fingerprint density at radius 1 is 1.21 bits per heavy atom. The van der Waals surface area contributed by atoms with Gasteiger partial charge in [-0.15, -0.1) is 0 Å².